The van der Waals surface area contributed by atoms with Gasteiger partial charge in [0.1, 0.15) is 0 Å². The summed E-state index contributed by atoms with van der Waals surface area (Å²) < 4.78 is 0. The molecule has 0 aromatic heterocycles. The van der Waals surface area contributed by atoms with Crippen molar-refractivity contribution in [2.45, 2.75) is 19.3 Å². The van der Waals surface area contributed by atoms with E-state index in [9.17, 15) is 0 Å². The van der Waals surface area contributed by atoms with E-state index in [0.29, 0.717) is 5.11 Å². The van der Waals surface area contributed by atoms with Crippen LogP contribution in [0.25, 0.3) is 0 Å². The Labute approximate surface area is 84.8 Å². The number of hydrogen-bond acceptors (Lipinski definition) is 3. The number of hydrogen-bond donors (Lipinski definition) is 3. The maximum atomic E-state index is 5.12. The molecule has 1 heterocycles. The smallest absolute Gasteiger partial charge is 0.180 e. The molecule has 1 aliphatic heterocycles. The van der Waals surface area contributed by atoms with E-state index in [1.165, 1.54) is 32.4 Å². The van der Waals surface area contributed by atoms with E-state index in [-0.39, 0.29) is 0 Å². The van der Waals surface area contributed by atoms with Gasteiger partial charge in [0.25, 0.3) is 0 Å². The summed E-state index contributed by atoms with van der Waals surface area (Å²) in [4.78, 5) is 2.45. The van der Waals surface area contributed by atoms with E-state index in [1.807, 2.05) is 0 Å². The van der Waals surface area contributed by atoms with E-state index in [2.05, 4.69) is 15.6 Å². The molecule has 1 rings (SSSR count). The lowest BCUT2D eigenvalue weighted by atomic mass is 10.1. The number of thiocarbonyl (C=S) groups is 1. The summed E-state index contributed by atoms with van der Waals surface area (Å²) in [6.07, 6.45) is 4.05. The zero-order valence-electron chi connectivity index (χ0n) is 7.88. The van der Waals surface area contributed by atoms with Crippen molar-refractivity contribution in [1.29, 1.82) is 0 Å². The number of likely N-dealkylation sites (tertiary alicyclic amines) is 1. The van der Waals surface area contributed by atoms with Gasteiger partial charge in [-0.05, 0) is 38.1 Å². The highest BCUT2D eigenvalue weighted by molar-refractivity contribution is 7.80. The fraction of sp³-hybridized carbons (Fsp3) is 0.875. The molecule has 1 aliphatic rings. The molecular weight excluding hydrogens is 184 g/mol. The van der Waals surface area contributed by atoms with Crippen molar-refractivity contribution >= 4 is 17.3 Å². The largest absolute Gasteiger partial charge is 0.360 e. The van der Waals surface area contributed by atoms with Gasteiger partial charge in [0.05, 0.1) is 0 Å². The van der Waals surface area contributed by atoms with Crippen LogP contribution in [-0.4, -0.2) is 36.2 Å². The second kappa shape index (κ2) is 6.12. The molecular formula is C8H18N4S. The Morgan fingerprint density at radius 3 is 2.62 bits per heavy atom. The van der Waals surface area contributed by atoms with Crippen molar-refractivity contribution in [1.82, 2.24) is 15.6 Å². The molecule has 1 fully saturated rings. The molecule has 0 saturated carbocycles. The van der Waals surface area contributed by atoms with Gasteiger partial charge in [0.15, 0.2) is 5.11 Å². The summed E-state index contributed by atoms with van der Waals surface area (Å²) in [7, 11) is 0. The lowest BCUT2D eigenvalue weighted by molar-refractivity contribution is 0.232. The summed E-state index contributed by atoms with van der Waals surface area (Å²) in [6, 6.07) is 0. The van der Waals surface area contributed by atoms with Crippen LogP contribution in [-0.2, 0) is 0 Å². The fourth-order valence-electron chi connectivity index (χ4n) is 1.56. The molecule has 0 aromatic rings. The maximum Gasteiger partial charge on any atom is 0.180 e. The van der Waals surface area contributed by atoms with Crippen molar-refractivity contribution < 1.29 is 0 Å². The number of piperidine rings is 1. The normalized spacial score (nSPS) is 18.2. The van der Waals surface area contributed by atoms with Crippen LogP contribution in [0.1, 0.15) is 19.3 Å². The van der Waals surface area contributed by atoms with Crippen LogP contribution in [0, 0.1) is 0 Å². The minimum atomic E-state index is 0.525. The average molecular weight is 202 g/mol. The van der Waals surface area contributed by atoms with E-state index in [0.717, 1.165) is 13.1 Å². The van der Waals surface area contributed by atoms with Crippen LogP contribution in [0.15, 0.2) is 0 Å². The number of nitrogens with zero attached hydrogens (tertiary/aromatic N) is 1. The minimum absolute atomic E-state index is 0.525. The van der Waals surface area contributed by atoms with Crippen molar-refractivity contribution in [3.05, 3.63) is 0 Å². The lowest BCUT2D eigenvalue weighted by Crippen LogP contribution is -2.43. The topological polar surface area (TPSA) is 53.3 Å². The monoisotopic (exact) mass is 202 g/mol. The first kappa shape index (κ1) is 10.7. The zero-order chi connectivity index (χ0) is 9.52. The van der Waals surface area contributed by atoms with Gasteiger partial charge in [-0.25, -0.2) is 5.84 Å². The van der Waals surface area contributed by atoms with Crippen LogP contribution >= 0.6 is 12.2 Å². The average Bonchev–Trinajstić information content (AvgIpc) is 2.19. The van der Waals surface area contributed by atoms with Crippen molar-refractivity contribution in [2.75, 3.05) is 26.2 Å². The number of hydrazine groups is 1. The van der Waals surface area contributed by atoms with Crippen LogP contribution < -0.4 is 16.6 Å². The molecule has 0 radical (unpaired) electrons. The first-order valence-electron chi connectivity index (χ1n) is 4.80. The number of nitrogens with two attached hydrogens (primary N) is 1. The van der Waals surface area contributed by atoms with Gasteiger partial charge >= 0.3 is 0 Å². The zero-order valence-corrected chi connectivity index (χ0v) is 8.70. The number of nitrogens with one attached hydrogen (secondary N) is 2. The van der Waals surface area contributed by atoms with Gasteiger partial charge in [0, 0.05) is 13.1 Å². The lowest BCUT2D eigenvalue weighted by Gasteiger charge is -2.26. The van der Waals surface area contributed by atoms with Crippen LogP contribution in [0.3, 0.4) is 0 Å². The highest BCUT2D eigenvalue weighted by Gasteiger charge is 2.08. The van der Waals surface area contributed by atoms with Gasteiger partial charge in [-0.1, -0.05) is 6.42 Å². The third-order valence-electron chi connectivity index (χ3n) is 2.29. The Morgan fingerprint density at radius 1 is 1.31 bits per heavy atom. The summed E-state index contributed by atoms with van der Waals surface area (Å²) in [6.45, 7) is 4.39. The second-order valence-corrected chi connectivity index (χ2v) is 3.71. The second-order valence-electron chi connectivity index (χ2n) is 3.30. The van der Waals surface area contributed by atoms with Gasteiger partial charge < -0.3 is 15.6 Å². The minimum Gasteiger partial charge on any atom is -0.360 e. The standard InChI is InChI=1S/C8H18N4S/c9-11-8(13)10-4-7-12-5-2-1-3-6-12/h1-7,9H2,(H2,10,11,13). The van der Waals surface area contributed by atoms with E-state index < -0.39 is 0 Å². The van der Waals surface area contributed by atoms with Crippen LogP contribution in [0.4, 0.5) is 0 Å². The fourth-order valence-corrected chi connectivity index (χ4v) is 1.66. The Bertz CT molecular complexity index is 156. The molecule has 0 bridgehead atoms. The van der Waals surface area contributed by atoms with Gasteiger partial charge in [-0.2, -0.15) is 0 Å². The van der Waals surface area contributed by atoms with Crippen molar-refractivity contribution in [3.8, 4) is 0 Å². The van der Waals surface area contributed by atoms with Gasteiger partial charge in [-0.3, -0.25) is 0 Å². The van der Waals surface area contributed by atoms with E-state index in [4.69, 9.17) is 18.1 Å². The Morgan fingerprint density at radius 2 is 2.00 bits per heavy atom. The molecule has 0 amide bonds. The Kier molecular flexibility index (Phi) is 5.03. The van der Waals surface area contributed by atoms with Gasteiger partial charge in [-0.15, -0.1) is 0 Å². The summed E-state index contributed by atoms with van der Waals surface area (Å²) in [5, 5.41) is 3.56. The molecule has 4 nitrogen and oxygen atoms in total. The molecule has 13 heavy (non-hydrogen) atoms. The van der Waals surface area contributed by atoms with Crippen molar-refractivity contribution in [2.24, 2.45) is 5.84 Å². The Hall–Kier alpha value is -0.390. The van der Waals surface area contributed by atoms with E-state index >= 15 is 0 Å². The highest BCUT2D eigenvalue weighted by Crippen LogP contribution is 2.06. The molecule has 76 valence electrons. The third-order valence-corrected chi connectivity index (χ3v) is 2.56. The third kappa shape index (κ3) is 4.40. The van der Waals surface area contributed by atoms with Crippen LogP contribution in [0.5, 0.6) is 0 Å². The molecule has 0 aliphatic carbocycles. The first-order chi connectivity index (χ1) is 6.33. The van der Waals surface area contributed by atoms with Gasteiger partial charge in [0.2, 0.25) is 0 Å². The number of rotatable bonds is 3. The maximum absolute atomic E-state index is 5.12. The molecule has 5 heteroatoms. The molecule has 4 N–H and O–H groups in total. The van der Waals surface area contributed by atoms with E-state index in [1.54, 1.807) is 0 Å². The molecule has 0 aromatic carbocycles. The molecule has 0 spiro atoms. The summed E-state index contributed by atoms with van der Waals surface area (Å²) in [5.41, 5.74) is 2.40. The van der Waals surface area contributed by atoms with Crippen LogP contribution in [0.2, 0.25) is 0 Å². The quantitative estimate of drug-likeness (QED) is 0.336. The Balaban J connectivity index is 2.01. The molecule has 0 unspecified atom stereocenters. The summed E-state index contributed by atoms with van der Waals surface area (Å²) >= 11 is 4.86. The predicted octanol–water partition coefficient (Wildman–Crippen LogP) is -0.190. The molecule has 0 atom stereocenters. The predicted molar refractivity (Wildman–Crippen MR) is 58.2 cm³/mol. The molecule has 1 saturated heterocycles. The first-order valence-corrected chi connectivity index (χ1v) is 5.20. The van der Waals surface area contributed by atoms with Crippen molar-refractivity contribution in [3.63, 3.8) is 0 Å². The summed E-state index contributed by atoms with van der Waals surface area (Å²) in [5.74, 6) is 5.12. The SMILES string of the molecule is NNC(=S)NCCN1CCCCC1. The highest BCUT2D eigenvalue weighted by atomic mass is 32.1.